The molecule has 0 aliphatic rings. The first kappa shape index (κ1) is 18.8. The predicted octanol–water partition coefficient (Wildman–Crippen LogP) is 3.41. The lowest BCUT2D eigenvalue weighted by Crippen LogP contribution is -2.16. The van der Waals surface area contributed by atoms with E-state index in [9.17, 15) is 26.4 Å². The topological polar surface area (TPSA) is 90.1 Å². The number of aromatic nitrogens is 2. The van der Waals surface area contributed by atoms with E-state index < -0.39 is 33.4 Å². The molecule has 0 amide bonds. The van der Waals surface area contributed by atoms with Crippen molar-refractivity contribution in [3.8, 4) is 11.4 Å². The van der Waals surface area contributed by atoms with Gasteiger partial charge in [-0.05, 0) is 12.1 Å². The van der Waals surface area contributed by atoms with Crippen LogP contribution >= 0.6 is 0 Å². The lowest BCUT2D eigenvalue weighted by molar-refractivity contribution is -0.159. The third-order valence-electron chi connectivity index (χ3n) is 3.56. The van der Waals surface area contributed by atoms with Crippen molar-refractivity contribution in [2.75, 3.05) is 5.75 Å². The van der Waals surface area contributed by atoms with Gasteiger partial charge in [-0.3, -0.25) is 4.79 Å². The lowest BCUT2D eigenvalue weighted by Gasteiger charge is -2.04. The molecule has 27 heavy (non-hydrogen) atoms. The zero-order chi connectivity index (χ0) is 19.7. The van der Waals surface area contributed by atoms with Gasteiger partial charge >= 0.3 is 12.1 Å². The maximum atomic E-state index is 12.5. The number of nitrogens with zero attached hydrogens (tertiary/aromatic N) is 2. The van der Waals surface area contributed by atoms with E-state index in [4.69, 9.17) is 0 Å². The number of carbonyl (C=O) groups excluding carboxylic acids is 1. The van der Waals surface area contributed by atoms with Gasteiger partial charge in [0.1, 0.15) is 5.75 Å². The largest absolute Gasteiger partial charge is 0.471 e. The number of hydrogen-bond acceptors (Lipinski definition) is 6. The van der Waals surface area contributed by atoms with Crippen molar-refractivity contribution in [1.29, 1.82) is 0 Å². The molecule has 0 spiro atoms. The standard InChI is InChI=1S/C17H11F3N2O4S/c18-17(19,20)16-21-15(22-26-16)12-8-6-11(7-9-12)14(23)10-27(24,25)13-4-2-1-3-5-13/h1-9H,10H2. The minimum Gasteiger partial charge on any atom is -0.329 e. The first-order valence-corrected chi connectivity index (χ1v) is 9.14. The summed E-state index contributed by atoms with van der Waals surface area (Å²) in [6.45, 7) is 0. The van der Waals surface area contributed by atoms with Gasteiger partial charge in [0.25, 0.3) is 0 Å². The van der Waals surface area contributed by atoms with Crippen LogP contribution in [0.4, 0.5) is 13.2 Å². The molecule has 1 heterocycles. The van der Waals surface area contributed by atoms with Crippen molar-refractivity contribution in [1.82, 2.24) is 10.1 Å². The summed E-state index contributed by atoms with van der Waals surface area (Å²) in [5.41, 5.74) is 0.287. The van der Waals surface area contributed by atoms with Crippen LogP contribution in [0.5, 0.6) is 0 Å². The molecule has 3 rings (SSSR count). The minimum absolute atomic E-state index is 0.0291. The normalized spacial score (nSPS) is 12.1. The molecule has 1 aromatic heterocycles. The molecule has 10 heteroatoms. The average molecular weight is 396 g/mol. The van der Waals surface area contributed by atoms with Crippen LogP contribution in [0.15, 0.2) is 64.0 Å². The van der Waals surface area contributed by atoms with E-state index in [0.717, 1.165) is 0 Å². The second-order valence-corrected chi connectivity index (χ2v) is 7.48. The summed E-state index contributed by atoms with van der Waals surface area (Å²) >= 11 is 0. The third-order valence-corrected chi connectivity index (χ3v) is 5.19. The number of benzene rings is 2. The van der Waals surface area contributed by atoms with E-state index in [1.54, 1.807) is 18.2 Å². The molecule has 140 valence electrons. The number of Topliss-reactive ketones (excluding diaryl/α,β-unsaturated/α-hetero) is 1. The number of ketones is 1. The second-order valence-electron chi connectivity index (χ2n) is 5.49. The molecule has 0 saturated heterocycles. The van der Waals surface area contributed by atoms with Gasteiger partial charge in [-0.2, -0.15) is 18.2 Å². The highest BCUT2D eigenvalue weighted by atomic mass is 32.2. The summed E-state index contributed by atoms with van der Waals surface area (Å²) in [6.07, 6.45) is -4.76. The van der Waals surface area contributed by atoms with Crippen LogP contribution in [0.25, 0.3) is 11.4 Å². The number of hydrogen-bond donors (Lipinski definition) is 0. The number of sulfone groups is 1. The number of carbonyl (C=O) groups is 1. The Hall–Kier alpha value is -3.01. The molecular weight excluding hydrogens is 385 g/mol. The Morgan fingerprint density at radius 3 is 2.19 bits per heavy atom. The monoisotopic (exact) mass is 396 g/mol. The molecular formula is C17H11F3N2O4S. The maximum absolute atomic E-state index is 12.5. The fourth-order valence-electron chi connectivity index (χ4n) is 2.23. The molecule has 0 N–H and O–H groups in total. The maximum Gasteiger partial charge on any atom is 0.471 e. The molecule has 0 unspecified atom stereocenters. The molecule has 2 aromatic carbocycles. The van der Waals surface area contributed by atoms with Crippen LogP contribution in [0.2, 0.25) is 0 Å². The van der Waals surface area contributed by atoms with Gasteiger partial charge in [-0.25, -0.2) is 8.42 Å². The van der Waals surface area contributed by atoms with Crippen molar-refractivity contribution in [3.63, 3.8) is 0 Å². The van der Waals surface area contributed by atoms with Gasteiger partial charge in [0, 0.05) is 11.1 Å². The Kier molecular flexibility index (Phi) is 4.83. The highest BCUT2D eigenvalue weighted by molar-refractivity contribution is 7.92. The van der Waals surface area contributed by atoms with Crippen LogP contribution in [-0.4, -0.2) is 30.1 Å². The van der Waals surface area contributed by atoms with E-state index >= 15 is 0 Å². The summed E-state index contributed by atoms with van der Waals surface area (Å²) in [6, 6.07) is 12.7. The van der Waals surface area contributed by atoms with Crippen molar-refractivity contribution in [2.24, 2.45) is 0 Å². The molecule has 0 radical (unpaired) electrons. The van der Waals surface area contributed by atoms with E-state index in [-0.39, 0.29) is 21.8 Å². The minimum atomic E-state index is -4.76. The number of alkyl halides is 3. The Morgan fingerprint density at radius 1 is 1.00 bits per heavy atom. The van der Waals surface area contributed by atoms with E-state index in [1.165, 1.54) is 36.4 Å². The summed E-state index contributed by atoms with van der Waals surface area (Å²) in [7, 11) is -3.80. The molecule has 0 aliphatic heterocycles. The first-order valence-electron chi connectivity index (χ1n) is 7.49. The summed E-state index contributed by atoms with van der Waals surface area (Å²) in [5, 5.41) is 3.24. The van der Waals surface area contributed by atoms with Gasteiger partial charge in [0.2, 0.25) is 5.82 Å². The molecule has 0 bridgehead atoms. The molecule has 0 fully saturated rings. The van der Waals surface area contributed by atoms with E-state index in [2.05, 4.69) is 14.7 Å². The average Bonchev–Trinajstić information content (AvgIpc) is 3.13. The van der Waals surface area contributed by atoms with Crippen LogP contribution in [0, 0.1) is 0 Å². The second kappa shape index (κ2) is 6.95. The van der Waals surface area contributed by atoms with Gasteiger partial charge in [-0.1, -0.05) is 47.6 Å². The fourth-order valence-corrected chi connectivity index (χ4v) is 3.48. The summed E-state index contributed by atoms with van der Waals surface area (Å²) in [4.78, 5) is 15.5. The van der Waals surface area contributed by atoms with Gasteiger partial charge in [0.15, 0.2) is 15.6 Å². The van der Waals surface area contributed by atoms with Crippen LogP contribution in [0.1, 0.15) is 16.2 Å². The zero-order valence-corrected chi connectivity index (χ0v) is 14.3. The summed E-state index contributed by atoms with van der Waals surface area (Å²) in [5.74, 6) is -3.14. The first-order chi connectivity index (χ1) is 12.7. The van der Waals surface area contributed by atoms with Crippen molar-refractivity contribution >= 4 is 15.6 Å². The molecule has 3 aromatic rings. The van der Waals surface area contributed by atoms with Gasteiger partial charge in [-0.15, -0.1) is 0 Å². The van der Waals surface area contributed by atoms with Gasteiger partial charge < -0.3 is 4.52 Å². The Bertz CT molecular complexity index is 1060. The Morgan fingerprint density at radius 2 is 1.63 bits per heavy atom. The Balaban J connectivity index is 1.77. The van der Waals surface area contributed by atoms with Gasteiger partial charge in [0.05, 0.1) is 4.90 Å². The Labute approximate surface area is 151 Å². The highest BCUT2D eigenvalue weighted by Gasteiger charge is 2.38. The van der Waals surface area contributed by atoms with Crippen molar-refractivity contribution in [2.45, 2.75) is 11.1 Å². The number of halogens is 3. The molecule has 0 atom stereocenters. The zero-order valence-electron chi connectivity index (χ0n) is 13.5. The highest BCUT2D eigenvalue weighted by Crippen LogP contribution is 2.29. The third kappa shape index (κ3) is 4.22. The van der Waals surface area contributed by atoms with Crippen molar-refractivity contribution < 1.29 is 30.9 Å². The van der Waals surface area contributed by atoms with Crippen LogP contribution in [0.3, 0.4) is 0 Å². The van der Waals surface area contributed by atoms with Crippen LogP contribution in [-0.2, 0) is 16.0 Å². The smallest absolute Gasteiger partial charge is 0.329 e. The lowest BCUT2D eigenvalue weighted by atomic mass is 10.1. The SMILES string of the molecule is O=C(CS(=O)(=O)c1ccccc1)c1ccc(-c2noc(C(F)(F)F)n2)cc1. The van der Waals surface area contributed by atoms with E-state index in [0.29, 0.717) is 0 Å². The van der Waals surface area contributed by atoms with Crippen molar-refractivity contribution in [3.05, 3.63) is 66.1 Å². The molecule has 0 aliphatic carbocycles. The predicted molar refractivity (Wildman–Crippen MR) is 87.6 cm³/mol. The van der Waals surface area contributed by atoms with E-state index in [1.807, 2.05) is 0 Å². The fraction of sp³-hybridized carbons (Fsp3) is 0.118. The summed E-state index contributed by atoms with van der Waals surface area (Å²) < 4.78 is 66.1. The van der Waals surface area contributed by atoms with Crippen LogP contribution < -0.4 is 0 Å². The molecule has 0 saturated carbocycles. The molecule has 6 nitrogen and oxygen atoms in total. The quantitative estimate of drug-likeness (QED) is 0.614. The number of rotatable bonds is 5.